The summed E-state index contributed by atoms with van der Waals surface area (Å²) in [6.45, 7) is 4.37. The number of fused-ring (bicyclic) bond motifs is 2. The minimum absolute atomic E-state index is 0.195. The predicted octanol–water partition coefficient (Wildman–Crippen LogP) is 3.41. The van der Waals surface area contributed by atoms with Crippen molar-refractivity contribution in [3.63, 3.8) is 0 Å². The number of nitrogens with zero attached hydrogens (tertiary/aromatic N) is 6. The first-order valence-corrected chi connectivity index (χ1v) is 9.11. The van der Waals surface area contributed by atoms with Crippen molar-refractivity contribution in [2.24, 2.45) is 0 Å². The molecule has 5 rings (SSSR count). The molecule has 4 aromatic rings. The molecule has 4 heterocycles. The SMILES string of the molecule is CC(C)n1cnc2c(Nc3ccc4c(c3)OCO4)nc(Nc3ccncn3)nc21. The van der Waals surface area contributed by atoms with E-state index < -0.39 is 0 Å². The summed E-state index contributed by atoms with van der Waals surface area (Å²) in [4.78, 5) is 21.9. The van der Waals surface area contributed by atoms with Crippen molar-refractivity contribution >= 4 is 34.4 Å². The van der Waals surface area contributed by atoms with Gasteiger partial charge in [-0.1, -0.05) is 0 Å². The van der Waals surface area contributed by atoms with Crippen LogP contribution in [-0.2, 0) is 0 Å². The van der Waals surface area contributed by atoms with E-state index in [2.05, 4.69) is 49.4 Å². The first kappa shape index (κ1) is 17.2. The lowest BCUT2D eigenvalue weighted by atomic mass is 10.2. The van der Waals surface area contributed by atoms with Crippen LogP contribution < -0.4 is 20.1 Å². The van der Waals surface area contributed by atoms with E-state index >= 15 is 0 Å². The van der Waals surface area contributed by atoms with Crippen molar-refractivity contribution < 1.29 is 9.47 Å². The number of anilines is 4. The molecule has 10 heteroatoms. The van der Waals surface area contributed by atoms with Crippen LogP contribution in [-0.4, -0.2) is 36.3 Å². The van der Waals surface area contributed by atoms with E-state index in [1.165, 1.54) is 6.33 Å². The maximum atomic E-state index is 5.46. The lowest BCUT2D eigenvalue weighted by Crippen LogP contribution is -2.06. The second kappa shape index (κ2) is 6.89. The summed E-state index contributed by atoms with van der Waals surface area (Å²) >= 11 is 0. The number of imidazole rings is 1. The Morgan fingerprint density at radius 2 is 1.93 bits per heavy atom. The summed E-state index contributed by atoms with van der Waals surface area (Å²) < 4.78 is 12.8. The molecule has 0 radical (unpaired) electrons. The molecule has 0 amide bonds. The molecular formula is C19H18N8O2. The van der Waals surface area contributed by atoms with Crippen molar-refractivity contribution in [2.45, 2.75) is 19.9 Å². The Morgan fingerprint density at radius 1 is 1.03 bits per heavy atom. The fourth-order valence-electron chi connectivity index (χ4n) is 3.03. The largest absolute Gasteiger partial charge is 0.454 e. The fourth-order valence-corrected chi connectivity index (χ4v) is 3.03. The lowest BCUT2D eigenvalue weighted by molar-refractivity contribution is 0.174. The maximum Gasteiger partial charge on any atom is 0.232 e. The quantitative estimate of drug-likeness (QED) is 0.529. The molecule has 10 nitrogen and oxygen atoms in total. The minimum atomic E-state index is 0.195. The number of aromatic nitrogens is 6. The van der Waals surface area contributed by atoms with Crippen LogP contribution in [0.2, 0.25) is 0 Å². The molecule has 3 aromatic heterocycles. The van der Waals surface area contributed by atoms with Crippen LogP contribution in [0.4, 0.5) is 23.3 Å². The molecule has 2 N–H and O–H groups in total. The van der Waals surface area contributed by atoms with E-state index in [1.807, 2.05) is 22.8 Å². The zero-order chi connectivity index (χ0) is 19.8. The number of nitrogens with one attached hydrogen (secondary N) is 2. The van der Waals surface area contributed by atoms with E-state index in [0.717, 1.165) is 17.1 Å². The van der Waals surface area contributed by atoms with Crippen LogP contribution >= 0.6 is 0 Å². The molecular weight excluding hydrogens is 372 g/mol. The number of rotatable bonds is 5. The van der Waals surface area contributed by atoms with Gasteiger partial charge in [0.2, 0.25) is 12.7 Å². The molecule has 0 bridgehead atoms. The summed E-state index contributed by atoms with van der Waals surface area (Å²) in [6, 6.07) is 7.57. The minimum Gasteiger partial charge on any atom is -0.454 e. The van der Waals surface area contributed by atoms with Crippen LogP contribution in [0, 0.1) is 0 Å². The molecule has 1 aliphatic heterocycles. The highest BCUT2D eigenvalue weighted by molar-refractivity contribution is 5.87. The zero-order valence-electron chi connectivity index (χ0n) is 15.8. The monoisotopic (exact) mass is 390 g/mol. The van der Waals surface area contributed by atoms with Crippen molar-refractivity contribution in [3.05, 3.63) is 43.1 Å². The summed E-state index contributed by atoms with van der Waals surface area (Å²) in [7, 11) is 0. The predicted molar refractivity (Wildman–Crippen MR) is 107 cm³/mol. The van der Waals surface area contributed by atoms with Gasteiger partial charge in [-0.05, 0) is 32.0 Å². The Morgan fingerprint density at radius 3 is 2.76 bits per heavy atom. The van der Waals surface area contributed by atoms with Gasteiger partial charge in [-0.3, -0.25) is 0 Å². The number of hydrogen-bond donors (Lipinski definition) is 2. The average Bonchev–Trinajstić information content (AvgIpc) is 3.35. The molecule has 1 aliphatic rings. The number of benzene rings is 1. The Balaban J connectivity index is 1.57. The molecule has 0 unspecified atom stereocenters. The molecule has 1 aromatic carbocycles. The first-order valence-electron chi connectivity index (χ1n) is 9.11. The molecule has 29 heavy (non-hydrogen) atoms. The highest BCUT2D eigenvalue weighted by atomic mass is 16.7. The van der Waals surface area contributed by atoms with Crippen molar-refractivity contribution in [1.29, 1.82) is 0 Å². The Labute approximate surface area is 166 Å². The highest BCUT2D eigenvalue weighted by Gasteiger charge is 2.17. The highest BCUT2D eigenvalue weighted by Crippen LogP contribution is 2.36. The third kappa shape index (κ3) is 3.24. The molecule has 0 saturated heterocycles. The van der Waals surface area contributed by atoms with Gasteiger partial charge in [0.1, 0.15) is 12.1 Å². The van der Waals surface area contributed by atoms with E-state index in [1.54, 1.807) is 18.6 Å². The van der Waals surface area contributed by atoms with Gasteiger partial charge in [0.25, 0.3) is 0 Å². The van der Waals surface area contributed by atoms with Gasteiger partial charge in [0.15, 0.2) is 28.5 Å². The van der Waals surface area contributed by atoms with Crippen LogP contribution in [0.25, 0.3) is 11.2 Å². The van der Waals surface area contributed by atoms with Crippen LogP contribution in [0.1, 0.15) is 19.9 Å². The van der Waals surface area contributed by atoms with Gasteiger partial charge in [-0.2, -0.15) is 9.97 Å². The molecule has 0 fully saturated rings. The van der Waals surface area contributed by atoms with E-state index in [4.69, 9.17) is 9.47 Å². The second-order valence-corrected chi connectivity index (χ2v) is 6.73. The van der Waals surface area contributed by atoms with Gasteiger partial charge < -0.3 is 24.7 Å². The van der Waals surface area contributed by atoms with Crippen LogP contribution in [0.5, 0.6) is 11.5 Å². The summed E-state index contributed by atoms with van der Waals surface area (Å²) in [5, 5.41) is 6.44. The smallest absolute Gasteiger partial charge is 0.232 e. The van der Waals surface area contributed by atoms with E-state index in [-0.39, 0.29) is 12.8 Å². The third-order valence-corrected chi connectivity index (χ3v) is 4.43. The molecule has 0 spiro atoms. The van der Waals surface area contributed by atoms with Crippen LogP contribution in [0.3, 0.4) is 0 Å². The Kier molecular flexibility index (Phi) is 4.08. The zero-order valence-corrected chi connectivity index (χ0v) is 15.8. The van der Waals surface area contributed by atoms with Crippen molar-refractivity contribution in [1.82, 2.24) is 29.5 Å². The van der Waals surface area contributed by atoms with Gasteiger partial charge in [-0.15, -0.1) is 0 Å². The van der Waals surface area contributed by atoms with Gasteiger partial charge in [-0.25, -0.2) is 15.0 Å². The topological polar surface area (TPSA) is 112 Å². The second-order valence-electron chi connectivity index (χ2n) is 6.73. The summed E-state index contributed by atoms with van der Waals surface area (Å²) in [6.07, 6.45) is 4.88. The van der Waals surface area contributed by atoms with Crippen molar-refractivity contribution in [3.8, 4) is 11.5 Å². The van der Waals surface area contributed by atoms with Crippen LogP contribution in [0.15, 0.2) is 43.1 Å². The summed E-state index contributed by atoms with van der Waals surface area (Å²) in [5.74, 6) is 2.99. The molecule has 0 aliphatic carbocycles. The summed E-state index contributed by atoms with van der Waals surface area (Å²) in [5.41, 5.74) is 2.20. The van der Waals surface area contributed by atoms with Gasteiger partial charge in [0.05, 0.1) is 6.33 Å². The number of ether oxygens (including phenoxy) is 2. The van der Waals surface area contributed by atoms with Gasteiger partial charge >= 0.3 is 0 Å². The molecule has 0 saturated carbocycles. The molecule has 146 valence electrons. The lowest BCUT2D eigenvalue weighted by Gasteiger charge is -2.12. The van der Waals surface area contributed by atoms with Gasteiger partial charge in [0, 0.05) is 24.0 Å². The van der Waals surface area contributed by atoms with Crippen molar-refractivity contribution in [2.75, 3.05) is 17.4 Å². The van der Waals surface area contributed by atoms with E-state index in [0.29, 0.717) is 28.9 Å². The third-order valence-electron chi connectivity index (χ3n) is 4.43. The Hall–Kier alpha value is -3.95. The Bertz CT molecular complexity index is 1180. The first-order chi connectivity index (χ1) is 14.2. The molecule has 0 atom stereocenters. The fraction of sp³-hybridized carbons (Fsp3) is 0.211. The normalized spacial score (nSPS) is 12.5. The van der Waals surface area contributed by atoms with E-state index in [9.17, 15) is 0 Å². The average molecular weight is 390 g/mol. The number of hydrogen-bond acceptors (Lipinski definition) is 9. The standard InChI is InChI=1S/C19H18N8O2/c1-11(2)27-9-22-16-17(23-12-3-4-13-14(7-12)29-10-28-13)25-19(26-18(16)27)24-15-5-6-20-8-21-15/h3-9,11H,10H2,1-2H3,(H2,20,21,23,24,25,26). The maximum absolute atomic E-state index is 5.46.